The Labute approximate surface area is 780 Å². The Bertz CT molecular complexity index is 4430. The topological polar surface area (TPSA) is 0 Å². The monoisotopic (exact) mass is 1980 g/mol. The van der Waals surface area contributed by atoms with Crippen LogP contribution in [0.3, 0.4) is 0 Å². The summed E-state index contributed by atoms with van der Waals surface area (Å²) in [6.07, 6.45) is 35.2. The fraction of sp³-hybridized carbons (Fsp3) is 0.453. The maximum atomic E-state index is 4.93. The summed E-state index contributed by atoms with van der Waals surface area (Å²) in [6, 6.07) is 58.7. The van der Waals surface area contributed by atoms with Crippen molar-refractivity contribution in [3.05, 3.63) is 297 Å². The van der Waals surface area contributed by atoms with Gasteiger partial charge in [-0.3, -0.25) is 0 Å². The molecule has 0 spiro atoms. The first-order valence-corrected chi connectivity index (χ1v) is 71.0. The molecule has 24 unspecified atom stereocenters. The number of hydrogen-bond acceptors (Lipinski definition) is 0. The first-order chi connectivity index (χ1) is 53.7. The summed E-state index contributed by atoms with van der Waals surface area (Å²) < 4.78 is 0. The summed E-state index contributed by atoms with van der Waals surface area (Å²) in [5.41, 5.74) is 17.5. The van der Waals surface area contributed by atoms with E-state index in [0.717, 1.165) is 110 Å². The summed E-state index contributed by atoms with van der Waals surface area (Å²) in [4.78, 5) is 0. The van der Waals surface area contributed by atoms with Crippen LogP contribution < -0.4 is 0 Å². The van der Waals surface area contributed by atoms with Gasteiger partial charge in [-0.2, -0.15) is 0 Å². The summed E-state index contributed by atoms with van der Waals surface area (Å²) in [5.74, 6) is 15.6. The van der Waals surface area contributed by atoms with Crippen LogP contribution in [0.25, 0.3) is 54.6 Å². The average molecular weight is 1990 g/mol. The van der Waals surface area contributed by atoms with Crippen LogP contribution in [0.15, 0.2) is 231 Å². The molecule has 7 aromatic carbocycles. The van der Waals surface area contributed by atoms with Gasteiger partial charge < -0.3 is 44.6 Å². The Morgan fingerprint density at radius 2 is 0.525 bits per heavy atom. The summed E-state index contributed by atoms with van der Waals surface area (Å²) >= 11 is -2.48. The summed E-state index contributed by atoms with van der Waals surface area (Å²) in [6.45, 7) is 47.4. The molecule has 10 aliphatic carbocycles. The van der Waals surface area contributed by atoms with Crippen molar-refractivity contribution in [1.29, 1.82) is 0 Å². The second kappa shape index (κ2) is 45.8. The van der Waals surface area contributed by atoms with Crippen molar-refractivity contribution in [2.75, 3.05) is 0 Å². The Hall–Kier alpha value is -1.72. The second-order valence-corrected chi connectivity index (χ2v) is 64.4. The third-order valence-electron chi connectivity index (χ3n) is 32.3. The third-order valence-corrected chi connectivity index (χ3v) is 48.5. The van der Waals surface area contributed by atoms with E-state index in [9.17, 15) is 0 Å². The van der Waals surface area contributed by atoms with Crippen LogP contribution >= 0.6 is 51.1 Å². The minimum atomic E-state index is -1.60. The molecule has 0 heterocycles. The number of benzene rings is 7. The number of fused-ring (bicyclic) bond motifs is 7. The molecule has 0 nitrogen and oxygen atoms in total. The molecule has 634 valence electrons. The van der Waals surface area contributed by atoms with Crippen LogP contribution in [-0.4, -0.2) is 24.2 Å². The van der Waals surface area contributed by atoms with Gasteiger partial charge in [-0.1, -0.05) is 347 Å². The molecular formula is C106H144Cl6Si3Zr3. The first kappa shape index (κ1) is 105. The predicted molar refractivity (Wildman–Crippen MR) is 532 cm³/mol. The number of halogens is 6. The van der Waals surface area contributed by atoms with Crippen molar-refractivity contribution in [2.45, 2.75) is 181 Å². The SMILES string of the molecule is CC1CC2C(c3c4ccccc4cc4ccccc34)=CC=CC2C1[Si](C)(C)C1C(C)C(C)C(C)C1C.CC1CC2C(c3cccc4ccccc34)=CC=CC2C1[Si](C)(C)C1C(C)C(C)C(C)C1C.CC1CC2C(c3ccccc3)=CC=CC2C1[Si](C)(C)C1C(C)CC2C(c3ccccc3)=CC=CC21.[CH3-].[CH3-].[CH3-].[CH3-].[CH3-].[CH3-].[Cl][Zr+2][Cl].[Cl][Zr+2][Cl].[Cl][Zr+2][Cl]. The molecule has 0 amide bonds. The zero-order valence-electron chi connectivity index (χ0n) is 76.0. The minimum absolute atomic E-state index is 0. The second-order valence-electron chi connectivity index (χ2n) is 38.3. The first-order valence-electron chi connectivity index (χ1n) is 42.6. The Kier molecular flexibility index (Phi) is 40.8. The van der Waals surface area contributed by atoms with Crippen molar-refractivity contribution in [3.8, 4) is 0 Å². The summed E-state index contributed by atoms with van der Waals surface area (Å²) in [5, 5.41) is 8.36. The molecule has 6 saturated carbocycles. The number of allylic oxidation sites excluding steroid dienone is 16. The normalized spacial score (nSPS) is 32.7. The molecule has 10 aliphatic rings. The van der Waals surface area contributed by atoms with Gasteiger partial charge in [0.1, 0.15) is 0 Å². The van der Waals surface area contributed by atoms with Gasteiger partial charge in [-0.05, 0) is 260 Å². The van der Waals surface area contributed by atoms with Crippen LogP contribution in [0.4, 0.5) is 0 Å². The zero-order chi connectivity index (χ0) is 80.4. The Morgan fingerprint density at radius 1 is 0.271 bits per heavy atom. The molecule has 17 rings (SSSR count). The number of hydrogen-bond donors (Lipinski definition) is 0. The third kappa shape index (κ3) is 20.8. The molecule has 24 atom stereocenters. The van der Waals surface area contributed by atoms with Gasteiger partial charge >= 0.3 is 114 Å². The van der Waals surface area contributed by atoms with E-state index >= 15 is 0 Å². The van der Waals surface area contributed by atoms with Gasteiger partial charge in [-0.15, -0.1) is 0 Å². The number of rotatable bonds is 10. The van der Waals surface area contributed by atoms with E-state index in [0.29, 0.717) is 41.4 Å². The van der Waals surface area contributed by atoms with Crippen molar-refractivity contribution < 1.29 is 62.5 Å². The molecule has 118 heavy (non-hydrogen) atoms. The van der Waals surface area contributed by atoms with E-state index in [1.807, 2.05) is 0 Å². The van der Waals surface area contributed by atoms with E-state index in [4.69, 9.17) is 51.1 Å². The van der Waals surface area contributed by atoms with Crippen LogP contribution in [0.5, 0.6) is 0 Å². The fourth-order valence-corrected chi connectivity index (χ4v) is 47.8. The van der Waals surface area contributed by atoms with Gasteiger partial charge in [0.2, 0.25) is 0 Å². The van der Waals surface area contributed by atoms with Gasteiger partial charge in [0.25, 0.3) is 0 Å². The standard InChI is InChI=1S/C35H44Si.C34H40Si.C31H42Si.6CH3.6ClH.3Zr/c1-21-19-32-30(33-28-15-10-8-13-26(28)20-27-14-9-11-16-29(27)33)17-12-18-31(32)34(21)36(6,7)35-24(4)22(2)23(3)25(35)5;1-23-21-31-27(25-13-7-5-8-14-25)17-11-19-29(31)33(23)35(3,4)34-24(2)22-32-28(18-12-20-30(32)34)26-15-9-6-10-16-26;1-19-18-29-27(26-15-10-13-24-12-8-9-14-25(24)26)16-11-17-28(29)30(19)32(6,7)31-22(4)20(2)21(3)23(31)5;;;;;;;;;;;;;;;/h8-18,20-25,31-32,34-35H,19H2,1-7H3;5-20,23-24,29-34H,21-22H2,1-4H3;8-17,19-23,28-31H,18H2,1-7H3;6*1H3;6*1H;;;/q;;;6*-1;;;;;;;3*+4/p-6. The van der Waals surface area contributed by atoms with Crippen molar-refractivity contribution in [1.82, 2.24) is 0 Å². The Morgan fingerprint density at radius 3 is 0.864 bits per heavy atom. The van der Waals surface area contributed by atoms with Crippen molar-refractivity contribution in [3.63, 3.8) is 0 Å². The molecule has 6 fully saturated rings. The van der Waals surface area contributed by atoms with E-state index in [1.54, 1.807) is 22.3 Å². The molecule has 0 aromatic heterocycles. The molecule has 7 aromatic rings. The maximum absolute atomic E-state index is 4.93. The summed E-state index contributed by atoms with van der Waals surface area (Å²) in [7, 11) is 25.0. The van der Waals surface area contributed by atoms with Crippen molar-refractivity contribution >= 4 is 130 Å². The van der Waals surface area contributed by atoms with Gasteiger partial charge in [-0.25, -0.2) is 0 Å². The molecular weight excluding hydrogens is 1840 g/mol. The fourth-order valence-electron chi connectivity index (χ4n) is 28.0. The van der Waals surface area contributed by atoms with Gasteiger partial charge in [0.15, 0.2) is 0 Å². The van der Waals surface area contributed by atoms with Crippen molar-refractivity contribution in [2.24, 2.45) is 118 Å². The van der Waals surface area contributed by atoms with Crippen LogP contribution in [0.1, 0.15) is 131 Å². The molecule has 0 N–H and O–H groups in total. The van der Waals surface area contributed by atoms with Crippen LogP contribution in [0.2, 0.25) is 72.5 Å². The quantitative estimate of drug-likeness (QED) is 0.0727. The van der Waals surface area contributed by atoms with Crippen LogP contribution in [-0.2, 0) is 62.5 Å². The average Bonchev–Trinajstić information content (AvgIpc) is 1.56. The predicted octanol–water partition coefficient (Wildman–Crippen LogP) is 35.4. The molecule has 0 saturated heterocycles. The zero-order valence-corrected chi connectivity index (χ0v) is 91.0. The van der Waals surface area contributed by atoms with E-state index in [-0.39, 0.29) is 44.6 Å². The molecule has 0 radical (unpaired) electrons. The molecule has 12 heteroatoms. The molecule has 0 aliphatic heterocycles. The van der Waals surface area contributed by atoms with Gasteiger partial charge in [0, 0.05) is 0 Å². The van der Waals surface area contributed by atoms with E-state index in [1.165, 1.54) is 80.3 Å². The Balaban J connectivity index is 0.000000255. The molecule has 0 bridgehead atoms. The van der Waals surface area contributed by atoms with Gasteiger partial charge in [0.05, 0.1) is 24.2 Å². The van der Waals surface area contributed by atoms with E-state index in [2.05, 4.69) is 353 Å². The van der Waals surface area contributed by atoms with Crippen LogP contribution in [0, 0.1) is 163 Å². The van der Waals surface area contributed by atoms with E-state index < -0.39 is 86.8 Å².